The van der Waals surface area contributed by atoms with Crippen LogP contribution in [-0.4, -0.2) is 28.5 Å². The molecule has 0 bridgehead atoms. The average Bonchev–Trinajstić information content (AvgIpc) is 3.18. The van der Waals surface area contributed by atoms with Gasteiger partial charge < -0.3 is 9.47 Å². The van der Waals surface area contributed by atoms with E-state index in [0.717, 1.165) is 44.1 Å². The van der Waals surface area contributed by atoms with Crippen molar-refractivity contribution < 1.29 is 4.79 Å². The molecule has 1 amide bonds. The van der Waals surface area contributed by atoms with Gasteiger partial charge in [0, 0.05) is 19.6 Å². The van der Waals surface area contributed by atoms with Crippen molar-refractivity contribution in [3.05, 3.63) is 58.6 Å². The highest BCUT2D eigenvalue weighted by Crippen LogP contribution is 2.28. The zero-order valence-corrected chi connectivity index (χ0v) is 15.7. The molecule has 0 atom stereocenters. The molecule has 1 aromatic carbocycles. The molecule has 3 nitrogen and oxygen atoms in total. The molecule has 4 rings (SSSR count). The summed E-state index contributed by atoms with van der Waals surface area (Å²) in [5.74, 6) is 0.912. The molecule has 3 aromatic rings. The number of carbonyl (C=O) groups excluding carboxylic acids is 1. The van der Waals surface area contributed by atoms with Gasteiger partial charge in [-0.1, -0.05) is 36.8 Å². The van der Waals surface area contributed by atoms with E-state index in [0.29, 0.717) is 0 Å². The summed E-state index contributed by atoms with van der Waals surface area (Å²) >= 11 is 1.71. The van der Waals surface area contributed by atoms with Gasteiger partial charge in [-0.15, -0.1) is 11.3 Å². The number of benzene rings is 1. The minimum absolute atomic E-state index is 0.183. The van der Waals surface area contributed by atoms with E-state index in [2.05, 4.69) is 60.2 Å². The van der Waals surface area contributed by atoms with E-state index in [1.807, 2.05) is 4.90 Å². The number of fused-ring (bicyclic) bond motifs is 1. The molecule has 1 saturated heterocycles. The summed E-state index contributed by atoms with van der Waals surface area (Å²) in [6.07, 6.45) is 2.22. The number of rotatable bonds is 3. The van der Waals surface area contributed by atoms with Crippen LogP contribution in [0.25, 0.3) is 10.2 Å². The lowest BCUT2D eigenvalue weighted by Crippen LogP contribution is -2.38. The smallest absolute Gasteiger partial charge is 0.270 e. The molecule has 2 aromatic heterocycles. The van der Waals surface area contributed by atoms with Gasteiger partial charge in [0.2, 0.25) is 0 Å². The Balaban J connectivity index is 1.69. The zero-order valence-electron chi connectivity index (χ0n) is 14.9. The number of aryl methyl sites for hydroxylation is 1. The summed E-state index contributed by atoms with van der Waals surface area (Å²) in [5, 5.41) is 2.11. The van der Waals surface area contributed by atoms with Crippen molar-refractivity contribution >= 4 is 27.5 Å². The molecule has 0 spiro atoms. The standard InChI is InChI=1S/C21H24N2OS/c1-15-6-9-22(10-7-15)21(24)19-13-20-18(8-11-25-20)23(19)14-17-5-3-4-16(2)12-17/h3-5,8,11-13,15H,6-7,9-10,14H2,1-2H3. The molecule has 1 aliphatic rings. The number of piperidine rings is 1. The summed E-state index contributed by atoms with van der Waals surface area (Å²) in [7, 11) is 0. The van der Waals surface area contributed by atoms with Crippen molar-refractivity contribution in [2.24, 2.45) is 5.92 Å². The van der Waals surface area contributed by atoms with Crippen molar-refractivity contribution in [1.82, 2.24) is 9.47 Å². The fourth-order valence-electron chi connectivity index (χ4n) is 3.69. The third-order valence-corrected chi connectivity index (χ3v) is 6.09. The van der Waals surface area contributed by atoms with Gasteiger partial charge in [-0.3, -0.25) is 4.79 Å². The fourth-order valence-corrected chi connectivity index (χ4v) is 4.51. The highest BCUT2D eigenvalue weighted by molar-refractivity contribution is 7.17. The van der Waals surface area contributed by atoms with Crippen molar-refractivity contribution in [3.63, 3.8) is 0 Å². The summed E-state index contributed by atoms with van der Waals surface area (Å²) in [4.78, 5) is 15.2. The number of nitrogens with zero attached hydrogens (tertiary/aromatic N) is 2. The molecule has 0 N–H and O–H groups in total. The molecule has 130 valence electrons. The fraction of sp³-hybridized carbons (Fsp3) is 0.381. The van der Waals surface area contributed by atoms with Crippen LogP contribution >= 0.6 is 11.3 Å². The Morgan fingerprint density at radius 1 is 1.20 bits per heavy atom. The Kier molecular flexibility index (Phi) is 4.38. The first-order valence-corrected chi connectivity index (χ1v) is 9.91. The van der Waals surface area contributed by atoms with E-state index in [4.69, 9.17) is 0 Å². The molecule has 25 heavy (non-hydrogen) atoms. The molecule has 0 saturated carbocycles. The molecule has 1 aliphatic heterocycles. The van der Waals surface area contributed by atoms with Crippen LogP contribution in [0.15, 0.2) is 41.8 Å². The number of amides is 1. The summed E-state index contributed by atoms with van der Waals surface area (Å²) in [5.41, 5.74) is 4.49. The van der Waals surface area contributed by atoms with Gasteiger partial charge in [-0.05, 0) is 48.8 Å². The number of hydrogen-bond acceptors (Lipinski definition) is 2. The van der Waals surface area contributed by atoms with Crippen molar-refractivity contribution in [1.29, 1.82) is 0 Å². The maximum Gasteiger partial charge on any atom is 0.270 e. The summed E-state index contributed by atoms with van der Waals surface area (Å²) in [6, 6.07) is 12.8. The van der Waals surface area contributed by atoms with Crippen LogP contribution in [0, 0.1) is 12.8 Å². The highest BCUT2D eigenvalue weighted by atomic mass is 32.1. The van der Waals surface area contributed by atoms with E-state index < -0.39 is 0 Å². The number of hydrogen-bond donors (Lipinski definition) is 0. The Morgan fingerprint density at radius 2 is 2.00 bits per heavy atom. The average molecular weight is 353 g/mol. The van der Waals surface area contributed by atoms with Crippen molar-refractivity contribution in [2.75, 3.05) is 13.1 Å². The van der Waals surface area contributed by atoms with Gasteiger partial charge in [0.15, 0.2) is 0 Å². The van der Waals surface area contributed by atoms with E-state index in [-0.39, 0.29) is 5.91 Å². The van der Waals surface area contributed by atoms with Crippen LogP contribution in [0.2, 0.25) is 0 Å². The number of likely N-dealkylation sites (tertiary alicyclic amines) is 1. The van der Waals surface area contributed by atoms with Crippen LogP contribution in [0.1, 0.15) is 41.4 Å². The third kappa shape index (κ3) is 3.23. The molecule has 0 aliphatic carbocycles. The van der Waals surface area contributed by atoms with Gasteiger partial charge in [-0.25, -0.2) is 0 Å². The molecule has 0 unspecified atom stereocenters. The van der Waals surface area contributed by atoms with Gasteiger partial charge in [0.05, 0.1) is 10.2 Å². The zero-order chi connectivity index (χ0) is 17.4. The number of thiophene rings is 1. The maximum atomic E-state index is 13.2. The first kappa shape index (κ1) is 16.4. The van der Waals surface area contributed by atoms with Crippen LogP contribution in [-0.2, 0) is 6.54 Å². The lowest BCUT2D eigenvalue weighted by atomic mass is 9.99. The Labute approximate surface area is 152 Å². The third-order valence-electron chi connectivity index (χ3n) is 5.24. The van der Waals surface area contributed by atoms with Crippen molar-refractivity contribution in [3.8, 4) is 0 Å². The lowest BCUT2D eigenvalue weighted by molar-refractivity contribution is 0.0687. The monoisotopic (exact) mass is 352 g/mol. The quantitative estimate of drug-likeness (QED) is 0.656. The second-order valence-electron chi connectivity index (χ2n) is 7.25. The van der Waals surface area contributed by atoms with E-state index in [1.54, 1.807) is 11.3 Å². The first-order chi connectivity index (χ1) is 12.1. The van der Waals surface area contributed by atoms with Crippen LogP contribution in [0.5, 0.6) is 0 Å². The second kappa shape index (κ2) is 6.68. The minimum atomic E-state index is 0.183. The minimum Gasteiger partial charge on any atom is -0.337 e. The Hall–Kier alpha value is -2.07. The summed E-state index contributed by atoms with van der Waals surface area (Å²) < 4.78 is 3.39. The molecular weight excluding hydrogens is 328 g/mol. The second-order valence-corrected chi connectivity index (χ2v) is 8.20. The molecule has 4 heteroatoms. The molecule has 1 fully saturated rings. The first-order valence-electron chi connectivity index (χ1n) is 9.03. The number of carbonyl (C=O) groups is 1. The van der Waals surface area contributed by atoms with Crippen LogP contribution in [0.4, 0.5) is 0 Å². The van der Waals surface area contributed by atoms with Gasteiger partial charge >= 0.3 is 0 Å². The maximum absolute atomic E-state index is 13.2. The van der Waals surface area contributed by atoms with E-state index in [9.17, 15) is 4.79 Å². The van der Waals surface area contributed by atoms with Crippen LogP contribution in [0.3, 0.4) is 0 Å². The Morgan fingerprint density at radius 3 is 2.76 bits per heavy atom. The van der Waals surface area contributed by atoms with E-state index in [1.165, 1.54) is 21.3 Å². The molecular formula is C21H24N2OS. The van der Waals surface area contributed by atoms with Gasteiger partial charge in [0.1, 0.15) is 5.69 Å². The number of aromatic nitrogens is 1. The Bertz CT molecular complexity index is 900. The van der Waals surface area contributed by atoms with Crippen molar-refractivity contribution in [2.45, 2.75) is 33.2 Å². The van der Waals surface area contributed by atoms with Gasteiger partial charge in [-0.2, -0.15) is 0 Å². The van der Waals surface area contributed by atoms with E-state index >= 15 is 0 Å². The largest absolute Gasteiger partial charge is 0.337 e. The summed E-state index contributed by atoms with van der Waals surface area (Å²) in [6.45, 7) is 6.89. The molecule has 3 heterocycles. The SMILES string of the molecule is Cc1cccc(Cn2c(C(=O)N3CCC(C)CC3)cc3sccc32)c1. The van der Waals surface area contributed by atoms with Crippen LogP contribution < -0.4 is 0 Å². The van der Waals surface area contributed by atoms with Gasteiger partial charge in [0.25, 0.3) is 5.91 Å². The molecule has 0 radical (unpaired) electrons. The predicted octanol–water partition coefficient (Wildman–Crippen LogP) is 4.93. The normalized spacial score (nSPS) is 15.8. The highest BCUT2D eigenvalue weighted by Gasteiger charge is 2.25. The topological polar surface area (TPSA) is 25.2 Å². The lowest BCUT2D eigenvalue weighted by Gasteiger charge is -2.30. The predicted molar refractivity (Wildman–Crippen MR) is 104 cm³/mol.